The summed E-state index contributed by atoms with van der Waals surface area (Å²) in [6.07, 6.45) is 9.22. The average molecular weight is 363 g/mol. The monoisotopic (exact) mass is 362 g/mol. The molecule has 4 rings (SSSR count). The van der Waals surface area contributed by atoms with Gasteiger partial charge in [0.15, 0.2) is 0 Å². The van der Waals surface area contributed by atoms with E-state index in [1.165, 1.54) is 6.42 Å². The Morgan fingerprint density at radius 2 is 2.04 bits per heavy atom. The van der Waals surface area contributed by atoms with Gasteiger partial charge in [0.2, 0.25) is 0 Å². The van der Waals surface area contributed by atoms with Gasteiger partial charge in [0.1, 0.15) is 12.4 Å². The molecular formula is C21H34N2O3. The van der Waals surface area contributed by atoms with E-state index in [0.717, 1.165) is 57.1 Å². The summed E-state index contributed by atoms with van der Waals surface area (Å²) in [4.78, 5) is 17.8. The lowest BCUT2D eigenvalue weighted by Crippen LogP contribution is -2.56. The summed E-state index contributed by atoms with van der Waals surface area (Å²) in [5.74, 6) is 2.74. The highest BCUT2D eigenvalue weighted by atomic mass is 16.6. The van der Waals surface area contributed by atoms with Crippen molar-refractivity contribution < 1.29 is 14.7 Å². The van der Waals surface area contributed by atoms with Crippen molar-refractivity contribution in [1.82, 2.24) is 0 Å². The van der Waals surface area contributed by atoms with E-state index in [4.69, 9.17) is 10.6 Å². The van der Waals surface area contributed by atoms with Gasteiger partial charge in [-0.15, -0.1) is 0 Å². The Labute approximate surface area is 156 Å². The second-order valence-corrected chi connectivity index (χ2v) is 9.44. The van der Waals surface area contributed by atoms with Gasteiger partial charge in [-0.3, -0.25) is 4.79 Å². The molecule has 4 aliphatic carbocycles. The normalized spacial score (nSPS) is 46.6. The number of hydrogen-bond acceptors (Lipinski definition) is 5. The third kappa shape index (κ3) is 2.65. The summed E-state index contributed by atoms with van der Waals surface area (Å²) < 4.78 is 0. The van der Waals surface area contributed by atoms with E-state index >= 15 is 0 Å². The molecule has 0 aliphatic heterocycles. The number of ketones is 1. The van der Waals surface area contributed by atoms with E-state index in [1.54, 1.807) is 0 Å². The molecule has 5 heteroatoms. The fourth-order valence-electron chi connectivity index (χ4n) is 7.22. The molecule has 4 saturated carbocycles. The van der Waals surface area contributed by atoms with Crippen LogP contribution in [0.2, 0.25) is 0 Å². The van der Waals surface area contributed by atoms with E-state index in [1.807, 2.05) is 0 Å². The topological polar surface area (TPSA) is 84.9 Å². The lowest BCUT2D eigenvalue weighted by Gasteiger charge is -2.60. The second kappa shape index (κ2) is 6.90. The lowest BCUT2D eigenvalue weighted by molar-refractivity contribution is -0.143. The maximum absolute atomic E-state index is 12.5. The van der Waals surface area contributed by atoms with Crippen molar-refractivity contribution in [2.75, 3.05) is 19.8 Å². The van der Waals surface area contributed by atoms with Crippen molar-refractivity contribution in [3.8, 4) is 0 Å². The van der Waals surface area contributed by atoms with Gasteiger partial charge in [-0.25, -0.2) is 0 Å². The number of aliphatic hydroxyl groups excluding tert-OH is 1. The van der Waals surface area contributed by atoms with E-state index in [9.17, 15) is 9.90 Å². The Bertz CT molecular complexity index is 592. The Kier molecular flexibility index (Phi) is 4.89. The lowest BCUT2D eigenvalue weighted by atomic mass is 9.45. The average Bonchev–Trinajstić information content (AvgIpc) is 2.96. The molecule has 0 heterocycles. The van der Waals surface area contributed by atoms with Crippen LogP contribution in [0.1, 0.15) is 64.7 Å². The zero-order chi connectivity index (χ0) is 18.4. The first kappa shape index (κ1) is 18.4. The zero-order valence-electron chi connectivity index (χ0n) is 16.1. The van der Waals surface area contributed by atoms with Gasteiger partial charge in [-0.05, 0) is 75.0 Å². The minimum absolute atomic E-state index is 0.0305. The summed E-state index contributed by atoms with van der Waals surface area (Å²) >= 11 is 0. The summed E-state index contributed by atoms with van der Waals surface area (Å²) in [6, 6.07) is 0. The summed E-state index contributed by atoms with van der Waals surface area (Å²) in [5, 5.41) is 14.8. The van der Waals surface area contributed by atoms with Crippen molar-refractivity contribution in [1.29, 1.82) is 0 Å². The van der Waals surface area contributed by atoms with Gasteiger partial charge in [0.25, 0.3) is 0 Å². The number of nitrogens with two attached hydrogens (primary N) is 1. The van der Waals surface area contributed by atoms with Crippen LogP contribution in [0.25, 0.3) is 0 Å². The van der Waals surface area contributed by atoms with Crippen molar-refractivity contribution in [2.24, 2.45) is 45.4 Å². The van der Waals surface area contributed by atoms with Crippen molar-refractivity contribution in [3.63, 3.8) is 0 Å². The van der Waals surface area contributed by atoms with Crippen LogP contribution >= 0.6 is 0 Å². The largest absolute Gasteiger partial charge is 0.396 e. The molecule has 0 saturated heterocycles. The van der Waals surface area contributed by atoms with E-state index in [0.29, 0.717) is 42.6 Å². The van der Waals surface area contributed by atoms with Crippen molar-refractivity contribution >= 4 is 11.5 Å². The van der Waals surface area contributed by atoms with Crippen LogP contribution in [0.15, 0.2) is 5.16 Å². The molecule has 0 aromatic rings. The Balaban J connectivity index is 1.55. The number of rotatable bonds is 4. The fraction of sp³-hybridized carbons (Fsp3) is 0.905. The molecule has 0 radical (unpaired) electrons. The van der Waals surface area contributed by atoms with Crippen LogP contribution in [0.4, 0.5) is 0 Å². The third-order valence-corrected chi connectivity index (χ3v) is 8.60. The molecule has 146 valence electrons. The second-order valence-electron chi connectivity index (χ2n) is 9.44. The molecule has 0 aromatic heterocycles. The predicted octanol–water partition coefficient (Wildman–Crippen LogP) is 2.90. The van der Waals surface area contributed by atoms with Crippen LogP contribution < -0.4 is 5.73 Å². The standard InChI is InChI=1S/C21H34N2O3/c1-20-8-7-18-16(17(20)4-5-19(20)25)3-2-14-12-15(23-26-11-10-22)6-9-21(14,18)13-24/h14,16-18,24H,2-13,22H2,1H3/t14?,16?,17?,18?,20-,21+/m0/s1. The van der Waals surface area contributed by atoms with E-state index in [-0.39, 0.29) is 17.4 Å². The highest BCUT2D eigenvalue weighted by Crippen LogP contribution is 2.65. The molecular weight excluding hydrogens is 328 g/mol. The van der Waals surface area contributed by atoms with Crippen molar-refractivity contribution in [3.05, 3.63) is 0 Å². The van der Waals surface area contributed by atoms with Crippen molar-refractivity contribution in [2.45, 2.75) is 64.7 Å². The molecule has 0 bridgehead atoms. The number of nitrogens with zero attached hydrogens (tertiary/aromatic N) is 1. The predicted molar refractivity (Wildman–Crippen MR) is 101 cm³/mol. The quantitative estimate of drug-likeness (QED) is 0.595. The summed E-state index contributed by atoms with van der Waals surface area (Å²) in [7, 11) is 0. The number of Topliss-reactive ketones (excluding diaryl/α,β-unsaturated/α-hetero) is 1. The number of carbonyl (C=O) groups excluding carboxylic acids is 1. The van der Waals surface area contributed by atoms with E-state index in [2.05, 4.69) is 12.1 Å². The Hall–Kier alpha value is -0.940. The minimum Gasteiger partial charge on any atom is -0.396 e. The zero-order valence-corrected chi connectivity index (χ0v) is 16.1. The van der Waals surface area contributed by atoms with E-state index < -0.39 is 0 Å². The molecule has 3 N–H and O–H groups in total. The molecule has 0 spiro atoms. The summed E-state index contributed by atoms with van der Waals surface area (Å²) in [5.41, 5.74) is 6.57. The number of hydrogen-bond donors (Lipinski definition) is 2. The fourth-order valence-corrected chi connectivity index (χ4v) is 7.22. The molecule has 5 nitrogen and oxygen atoms in total. The van der Waals surface area contributed by atoms with Gasteiger partial charge in [-0.2, -0.15) is 0 Å². The van der Waals surface area contributed by atoms with Gasteiger partial charge in [0.05, 0.1) is 5.71 Å². The number of carbonyl (C=O) groups is 1. The van der Waals surface area contributed by atoms with Gasteiger partial charge in [0, 0.05) is 30.4 Å². The smallest absolute Gasteiger partial charge is 0.139 e. The first-order chi connectivity index (χ1) is 12.5. The Morgan fingerprint density at radius 3 is 2.81 bits per heavy atom. The van der Waals surface area contributed by atoms with Crippen LogP contribution in [0, 0.1) is 34.5 Å². The molecule has 26 heavy (non-hydrogen) atoms. The molecule has 4 unspecified atom stereocenters. The van der Waals surface area contributed by atoms with Gasteiger partial charge >= 0.3 is 0 Å². The van der Waals surface area contributed by atoms with Crippen LogP contribution in [0.3, 0.4) is 0 Å². The first-order valence-corrected chi connectivity index (χ1v) is 10.6. The molecule has 0 amide bonds. The van der Waals surface area contributed by atoms with Crippen LogP contribution in [-0.2, 0) is 9.63 Å². The van der Waals surface area contributed by atoms with Gasteiger partial charge < -0.3 is 15.7 Å². The van der Waals surface area contributed by atoms with Crippen LogP contribution in [0.5, 0.6) is 0 Å². The SMILES string of the molecule is C[C@]12CCC3C(CCC4CC(=NOCCN)CC[C@@]43CO)C1CCC2=O. The van der Waals surface area contributed by atoms with Crippen LogP contribution in [-0.4, -0.2) is 36.4 Å². The maximum atomic E-state index is 12.5. The number of oxime groups is 1. The molecule has 0 aromatic carbocycles. The molecule has 6 atom stereocenters. The van der Waals surface area contributed by atoms with Gasteiger partial charge in [-0.1, -0.05) is 12.1 Å². The minimum atomic E-state index is -0.0814. The molecule has 4 fully saturated rings. The first-order valence-electron chi connectivity index (χ1n) is 10.6. The third-order valence-electron chi connectivity index (χ3n) is 8.60. The Morgan fingerprint density at radius 1 is 1.19 bits per heavy atom. The number of fused-ring (bicyclic) bond motifs is 5. The number of aliphatic hydroxyl groups is 1. The summed E-state index contributed by atoms with van der Waals surface area (Å²) in [6.45, 7) is 3.47. The maximum Gasteiger partial charge on any atom is 0.139 e. The highest BCUT2D eigenvalue weighted by Gasteiger charge is 2.61. The highest BCUT2D eigenvalue weighted by molar-refractivity contribution is 5.87. The molecule has 4 aliphatic rings.